The molecule has 0 unspecified atom stereocenters. The van der Waals surface area contributed by atoms with E-state index >= 15 is 0 Å². The molecule has 162 valence electrons. The van der Waals surface area contributed by atoms with E-state index in [1.165, 1.54) is 0 Å². The Bertz CT molecular complexity index is 1150. The molecule has 0 heterocycles. The Morgan fingerprint density at radius 1 is 0.750 bits per heavy atom. The number of aryl methyl sites for hydroxylation is 3. The molecule has 0 aromatic heterocycles. The van der Waals surface area contributed by atoms with Crippen LogP contribution in [0.4, 0.5) is 11.4 Å². The lowest BCUT2D eigenvalue weighted by molar-refractivity contribution is -0.122. The van der Waals surface area contributed by atoms with Crippen LogP contribution in [0.2, 0.25) is 0 Å². The summed E-state index contributed by atoms with van der Waals surface area (Å²) in [6, 6.07) is 21.4. The molecule has 0 bridgehead atoms. The summed E-state index contributed by atoms with van der Waals surface area (Å²) in [5, 5.41) is 8.59. The van der Waals surface area contributed by atoms with Crippen LogP contribution in [-0.4, -0.2) is 24.9 Å². The number of amides is 2. The van der Waals surface area contributed by atoms with E-state index < -0.39 is 0 Å². The monoisotopic (exact) mass is 425 g/mol. The first-order valence-electron chi connectivity index (χ1n) is 10.5. The van der Waals surface area contributed by atoms with Crippen molar-refractivity contribution in [2.24, 2.45) is 0 Å². The van der Waals surface area contributed by atoms with Gasteiger partial charge in [0.25, 0.3) is 0 Å². The first kappa shape index (κ1) is 22.6. The van der Waals surface area contributed by atoms with Crippen LogP contribution >= 0.6 is 0 Å². The molecule has 5 nitrogen and oxygen atoms in total. The molecule has 0 saturated heterocycles. The van der Waals surface area contributed by atoms with Crippen LogP contribution in [0, 0.1) is 32.6 Å². The third kappa shape index (κ3) is 6.75. The fraction of sp³-hybridized carbons (Fsp3) is 0.185. The van der Waals surface area contributed by atoms with E-state index in [1.54, 1.807) is 0 Å². The van der Waals surface area contributed by atoms with Gasteiger partial charge >= 0.3 is 0 Å². The highest BCUT2D eigenvalue weighted by molar-refractivity contribution is 5.96. The zero-order valence-corrected chi connectivity index (χ0v) is 18.6. The van der Waals surface area contributed by atoms with Gasteiger partial charge in [0.2, 0.25) is 11.8 Å². The Morgan fingerprint density at radius 2 is 1.41 bits per heavy atom. The van der Waals surface area contributed by atoms with Gasteiger partial charge in [0.1, 0.15) is 0 Å². The summed E-state index contributed by atoms with van der Waals surface area (Å²) in [6.45, 7) is 5.90. The van der Waals surface area contributed by atoms with Gasteiger partial charge in [0, 0.05) is 22.5 Å². The molecule has 0 aliphatic carbocycles. The lowest BCUT2D eigenvalue weighted by atomic mass is 10.1. The van der Waals surface area contributed by atoms with E-state index in [0.717, 1.165) is 39.2 Å². The van der Waals surface area contributed by atoms with E-state index in [2.05, 4.69) is 27.8 Å². The van der Waals surface area contributed by atoms with Gasteiger partial charge in [-0.15, -0.1) is 0 Å². The number of carbonyl (C=O) groups is 2. The zero-order chi connectivity index (χ0) is 22.9. The lowest BCUT2D eigenvalue weighted by Gasteiger charge is -2.13. The van der Waals surface area contributed by atoms with Gasteiger partial charge in [-0.2, -0.15) is 0 Å². The Kier molecular flexibility index (Phi) is 7.66. The zero-order valence-electron chi connectivity index (χ0n) is 18.6. The van der Waals surface area contributed by atoms with Gasteiger partial charge in [-0.25, -0.2) is 0 Å². The number of hydrogen-bond acceptors (Lipinski definition) is 3. The van der Waals surface area contributed by atoms with E-state index in [9.17, 15) is 9.59 Å². The normalized spacial score (nSPS) is 9.97. The van der Waals surface area contributed by atoms with Crippen molar-refractivity contribution in [2.45, 2.75) is 20.8 Å². The van der Waals surface area contributed by atoms with Crippen LogP contribution in [0.1, 0.15) is 27.8 Å². The fourth-order valence-corrected chi connectivity index (χ4v) is 3.36. The van der Waals surface area contributed by atoms with Gasteiger partial charge in [0.15, 0.2) is 0 Å². The van der Waals surface area contributed by atoms with Gasteiger partial charge in [0.05, 0.1) is 13.1 Å². The molecule has 0 fully saturated rings. The molecule has 3 aromatic carbocycles. The first-order chi connectivity index (χ1) is 15.4. The molecule has 0 atom stereocenters. The van der Waals surface area contributed by atoms with Crippen molar-refractivity contribution >= 4 is 23.2 Å². The first-order valence-corrected chi connectivity index (χ1v) is 10.5. The highest BCUT2D eigenvalue weighted by Gasteiger charge is 2.10. The fourth-order valence-electron chi connectivity index (χ4n) is 3.36. The second-order valence-corrected chi connectivity index (χ2v) is 7.65. The summed E-state index contributed by atoms with van der Waals surface area (Å²) in [4.78, 5) is 24.4. The van der Waals surface area contributed by atoms with Crippen LogP contribution in [0.25, 0.3) is 0 Å². The van der Waals surface area contributed by atoms with E-state index in [1.807, 2.05) is 87.5 Å². The summed E-state index contributed by atoms with van der Waals surface area (Å²) in [7, 11) is 0. The second-order valence-electron chi connectivity index (χ2n) is 7.65. The Hall–Kier alpha value is -4.04. The maximum Gasteiger partial charge on any atom is 0.243 e. The number of anilines is 2. The van der Waals surface area contributed by atoms with Crippen molar-refractivity contribution in [3.8, 4) is 11.8 Å². The minimum absolute atomic E-state index is 0.0609. The van der Waals surface area contributed by atoms with Gasteiger partial charge < -0.3 is 16.0 Å². The van der Waals surface area contributed by atoms with E-state index in [4.69, 9.17) is 0 Å². The predicted molar refractivity (Wildman–Crippen MR) is 130 cm³/mol. The van der Waals surface area contributed by atoms with Crippen molar-refractivity contribution in [3.63, 3.8) is 0 Å². The van der Waals surface area contributed by atoms with Crippen LogP contribution in [0.3, 0.4) is 0 Å². The quantitative estimate of drug-likeness (QED) is 0.519. The maximum absolute atomic E-state index is 12.3. The summed E-state index contributed by atoms with van der Waals surface area (Å²) < 4.78 is 0. The number of nitrogens with one attached hydrogen (secondary N) is 3. The van der Waals surface area contributed by atoms with Crippen molar-refractivity contribution in [3.05, 3.63) is 94.5 Å². The number of carbonyl (C=O) groups excluding carboxylic acids is 2. The summed E-state index contributed by atoms with van der Waals surface area (Å²) >= 11 is 0. The second kappa shape index (κ2) is 10.8. The number of benzene rings is 3. The Balaban J connectivity index is 1.48. The molecule has 2 amide bonds. The van der Waals surface area contributed by atoms with Crippen LogP contribution in [0.15, 0.2) is 66.7 Å². The van der Waals surface area contributed by atoms with Crippen LogP contribution in [0.5, 0.6) is 0 Å². The summed E-state index contributed by atoms with van der Waals surface area (Å²) in [6.07, 6.45) is 0. The third-order valence-corrected chi connectivity index (χ3v) is 4.83. The van der Waals surface area contributed by atoms with E-state index in [0.29, 0.717) is 0 Å². The molecular formula is C27H27N3O2. The van der Waals surface area contributed by atoms with Crippen molar-refractivity contribution < 1.29 is 9.59 Å². The van der Waals surface area contributed by atoms with Crippen molar-refractivity contribution in [1.82, 2.24) is 5.32 Å². The average Bonchev–Trinajstić information content (AvgIpc) is 2.78. The largest absolute Gasteiger partial charge is 0.376 e. The average molecular weight is 426 g/mol. The van der Waals surface area contributed by atoms with Gasteiger partial charge in [-0.3, -0.25) is 9.59 Å². The molecule has 0 aliphatic heterocycles. The maximum atomic E-state index is 12.3. The Labute approximate surface area is 189 Å². The molecule has 0 saturated carbocycles. The third-order valence-electron chi connectivity index (χ3n) is 4.83. The molecule has 3 rings (SSSR count). The SMILES string of the molecule is Cc1cc(C)c(NC(=O)CNC(=O)CNc2cccc(C#Cc3ccccc3)c2)c(C)c1. The summed E-state index contributed by atoms with van der Waals surface area (Å²) in [5.74, 6) is 5.71. The van der Waals surface area contributed by atoms with Crippen molar-refractivity contribution in [1.29, 1.82) is 0 Å². The molecule has 3 N–H and O–H groups in total. The minimum atomic E-state index is -0.265. The molecule has 5 heteroatoms. The molecule has 0 spiro atoms. The van der Waals surface area contributed by atoms with Crippen LogP contribution in [-0.2, 0) is 9.59 Å². The molecular weight excluding hydrogens is 398 g/mol. The molecule has 32 heavy (non-hydrogen) atoms. The topological polar surface area (TPSA) is 70.2 Å². The predicted octanol–water partition coefficient (Wildman–Crippen LogP) is 4.18. The van der Waals surface area contributed by atoms with Gasteiger partial charge in [-0.1, -0.05) is 53.8 Å². The standard InChI is InChI=1S/C27H27N3O2/c1-19-14-20(2)27(21(3)15-19)30-26(32)18-29-25(31)17-28-24-11-7-10-23(16-24)13-12-22-8-5-4-6-9-22/h4-11,14-16,28H,17-18H2,1-3H3,(H,29,31)(H,30,32). The molecule has 0 aliphatic rings. The lowest BCUT2D eigenvalue weighted by Crippen LogP contribution is -2.36. The smallest absolute Gasteiger partial charge is 0.243 e. The highest BCUT2D eigenvalue weighted by Crippen LogP contribution is 2.21. The number of hydrogen-bond donors (Lipinski definition) is 3. The molecule has 3 aromatic rings. The molecule has 0 radical (unpaired) electrons. The van der Waals surface area contributed by atoms with Crippen LogP contribution < -0.4 is 16.0 Å². The van der Waals surface area contributed by atoms with E-state index in [-0.39, 0.29) is 24.9 Å². The highest BCUT2D eigenvalue weighted by atomic mass is 16.2. The summed E-state index contributed by atoms with van der Waals surface area (Å²) in [5.41, 5.74) is 6.52. The minimum Gasteiger partial charge on any atom is -0.376 e. The van der Waals surface area contributed by atoms with Crippen molar-refractivity contribution in [2.75, 3.05) is 23.7 Å². The number of rotatable bonds is 6. The van der Waals surface area contributed by atoms with Gasteiger partial charge in [-0.05, 0) is 62.2 Å². The Morgan fingerprint density at radius 3 is 2.12 bits per heavy atom.